The molecule has 0 spiro atoms. The van der Waals surface area contributed by atoms with E-state index in [1.165, 1.54) is 0 Å². The molecule has 0 amide bonds. The smallest absolute Gasteiger partial charge is 0.286 e. The first-order chi connectivity index (χ1) is 10.6. The monoisotopic (exact) mass is 314 g/mol. The van der Waals surface area contributed by atoms with E-state index in [-0.39, 0.29) is 22.7 Å². The van der Waals surface area contributed by atoms with E-state index in [9.17, 15) is 14.3 Å². The third kappa shape index (κ3) is 2.42. The topological polar surface area (TPSA) is 68.0 Å². The van der Waals surface area contributed by atoms with Gasteiger partial charge < -0.3 is 9.94 Å². The van der Waals surface area contributed by atoms with Crippen LogP contribution in [0.3, 0.4) is 0 Å². The van der Waals surface area contributed by atoms with Gasteiger partial charge in [-0.2, -0.15) is 0 Å². The molecule has 0 fully saturated rings. The average Bonchev–Trinajstić information content (AvgIpc) is 2.57. The fraction of sp³-hybridized carbons (Fsp3) is 0.125. The number of rotatable bonds is 3. The predicted molar refractivity (Wildman–Crippen MR) is 85.4 cm³/mol. The van der Waals surface area contributed by atoms with Crippen LogP contribution >= 0.6 is 0 Å². The van der Waals surface area contributed by atoms with E-state index in [2.05, 4.69) is 0 Å². The maximum absolute atomic E-state index is 12.5. The van der Waals surface area contributed by atoms with Crippen molar-refractivity contribution >= 4 is 21.8 Å². The molecule has 2 aromatic carbocycles. The highest BCUT2D eigenvalue weighted by molar-refractivity contribution is 7.84. The second-order valence-corrected chi connectivity index (χ2v) is 6.36. The van der Waals surface area contributed by atoms with Crippen molar-refractivity contribution in [3.63, 3.8) is 0 Å². The summed E-state index contributed by atoms with van der Waals surface area (Å²) >= 11 is 0. The zero-order valence-electron chi connectivity index (χ0n) is 11.9. The Morgan fingerprint density at radius 2 is 1.73 bits per heavy atom. The summed E-state index contributed by atoms with van der Waals surface area (Å²) in [7, 11) is -1.38. The summed E-state index contributed by atoms with van der Waals surface area (Å²) in [6.07, 6.45) is 0. The molecule has 0 N–H and O–H groups in total. The van der Waals surface area contributed by atoms with E-state index in [0.717, 1.165) is 4.73 Å². The van der Waals surface area contributed by atoms with Gasteiger partial charge in [0.25, 0.3) is 11.2 Å². The highest BCUT2D eigenvalue weighted by Gasteiger charge is 2.22. The molecule has 0 aliphatic rings. The molecular formula is C16H14N2O3S. The van der Waals surface area contributed by atoms with Crippen molar-refractivity contribution in [1.82, 2.24) is 4.73 Å². The largest absolute Gasteiger partial charge is 0.805 e. The summed E-state index contributed by atoms with van der Waals surface area (Å²) in [6, 6.07) is 15.5. The lowest BCUT2D eigenvalue weighted by molar-refractivity contribution is -0.474. The van der Waals surface area contributed by atoms with Crippen LogP contribution in [0.15, 0.2) is 59.5 Å². The molecule has 1 atom stereocenters. The number of hydrogen-bond acceptors (Lipinski definition) is 3. The van der Waals surface area contributed by atoms with Crippen molar-refractivity contribution in [2.75, 3.05) is 0 Å². The van der Waals surface area contributed by atoms with E-state index >= 15 is 0 Å². The van der Waals surface area contributed by atoms with E-state index in [0.29, 0.717) is 14.8 Å². The molecule has 22 heavy (non-hydrogen) atoms. The Balaban J connectivity index is 2.12. The van der Waals surface area contributed by atoms with Crippen molar-refractivity contribution in [2.24, 2.45) is 0 Å². The molecule has 0 aliphatic carbocycles. The summed E-state index contributed by atoms with van der Waals surface area (Å²) in [6.45, 7) is 1.57. The first-order valence-corrected chi connectivity index (χ1v) is 8.08. The molecule has 3 rings (SSSR count). The molecule has 6 heteroatoms. The lowest BCUT2D eigenvalue weighted by Crippen LogP contribution is -2.27. The number of benzene rings is 2. The number of para-hydroxylation sites is 2. The highest BCUT2D eigenvalue weighted by Crippen LogP contribution is 2.16. The van der Waals surface area contributed by atoms with Crippen LogP contribution in [0.4, 0.5) is 0 Å². The van der Waals surface area contributed by atoms with Gasteiger partial charge in [0.1, 0.15) is 11.3 Å². The quantitative estimate of drug-likeness (QED) is 0.698. The second kappa shape index (κ2) is 5.73. The van der Waals surface area contributed by atoms with Crippen LogP contribution in [0.25, 0.3) is 11.0 Å². The Hall–Kier alpha value is -2.47. The van der Waals surface area contributed by atoms with E-state index < -0.39 is 10.8 Å². The molecule has 3 aromatic rings. The van der Waals surface area contributed by atoms with E-state index in [1.807, 2.05) is 6.07 Å². The first kappa shape index (κ1) is 14.5. The maximum Gasteiger partial charge on any atom is 0.286 e. The fourth-order valence-corrected chi connectivity index (χ4v) is 3.54. The van der Waals surface area contributed by atoms with Gasteiger partial charge in [-0.15, -0.1) is 0 Å². The Morgan fingerprint density at radius 3 is 2.45 bits per heavy atom. The summed E-state index contributed by atoms with van der Waals surface area (Å²) < 4.78 is 13.8. The Labute approximate surface area is 129 Å². The predicted octanol–water partition coefficient (Wildman–Crippen LogP) is 2.52. The van der Waals surface area contributed by atoms with E-state index in [1.54, 1.807) is 55.5 Å². The Kier molecular flexibility index (Phi) is 3.77. The normalized spacial score (nSPS) is 12.4. The molecular weight excluding hydrogens is 300 g/mol. The van der Waals surface area contributed by atoms with Gasteiger partial charge in [0.05, 0.1) is 20.9 Å². The standard InChI is InChI=1S/C16H14N2O3S/c1-12-16(11-22(21)13-7-3-2-4-8-13)18(20)15-10-6-5-9-14(15)17(12)19/h2-10H,11H2,1H3. The van der Waals surface area contributed by atoms with Crippen LogP contribution in [0.5, 0.6) is 0 Å². The summed E-state index contributed by atoms with van der Waals surface area (Å²) in [4.78, 5) is 13.1. The SMILES string of the molecule is Cc1c(CS(=O)c2ccccc2)[n+](=O)c2ccccc2n1[O-]. The zero-order chi connectivity index (χ0) is 15.7. The molecule has 1 unspecified atom stereocenters. The molecule has 112 valence electrons. The van der Waals surface area contributed by atoms with Crippen LogP contribution in [-0.4, -0.2) is 8.94 Å². The molecule has 5 nitrogen and oxygen atoms in total. The fourth-order valence-electron chi connectivity index (χ4n) is 2.34. The number of nitrogens with zero attached hydrogens (tertiary/aromatic N) is 2. The minimum absolute atomic E-state index is 0.00637. The van der Waals surface area contributed by atoms with Crippen molar-refractivity contribution in [3.8, 4) is 0 Å². The van der Waals surface area contributed by atoms with Crippen molar-refractivity contribution in [3.05, 3.63) is 76.1 Å². The van der Waals surface area contributed by atoms with Gasteiger partial charge in [0.15, 0.2) is 0 Å². The van der Waals surface area contributed by atoms with Crippen LogP contribution in [0.2, 0.25) is 0 Å². The summed E-state index contributed by atoms with van der Waals surface area (Å²) in [5.41, 5.74) is 1.10. The highest BCUT2D eigenvalue weighted by atomic mass is 32.2. The van der Waals surface area contributed by atoms with Gasteiger partial charge >= 0.3 is 0 Å². The van der Waals surface area contributed by atoms with Gasteiger partial charge in [0.2, 0.25) is 0 Å². The Morgan fingerprint density at radius 1 is 1.09 bits per heavy atom. The van der Waals surface area contributed by atoms with Crippen LogP contribution < -0.4 is 4.43 Å². The second-order valence-electron chi connectivity index (χ2n) is 4.91. The number of fused-ring (bicyclic) bond motifs is 1. The van der Waals surface area contributed by atoms with Gasteiger partial charge in [0, 0.05) is 15.9 Å². The summed E-state index contributed by atoms with van der Waals surface area (Å²) in [5, 5.41) is 12.3. The van der Waals surface area contributed by atoms with Crippen LogP contribution in [0.1, 0.15) is 11.4 Å². The Bertz CT molecular complexity index is 920. The van der Waals surface area contributed by atoms with Gasteiger partial charge in [-0.05, 0) is 25.1 Å². The third-order valence-electron chi connectivity index (χ3n) is 3.56. The minimum Gasteiger partial charge on any atom is -0.805 e. The molecule has 0 saturated heterocycles. The van der Waals surface area contributed by atoms with E-state index in [4.69, 9.17) is 0 Å². The number of hydrogen-bond donors (Lipinski definition) is 0. The zero-order valence-corrected chi connectivity index (χ0v) is 12.7. The van der Waals surface area contributed by atoms with Gasteiger partial charge in [-0.1, -0.05) is 30.3 Å². The van der Waals surface area contributed by atoms with Gasteiger partial charge in [-0.25, -0.2) is 0 Å². The summed E-state index contributed by atoms with van der Waals surface area (Å²) in [5.74, 6) is 0.00637. The average molecular weight is 314 g/mol. The first-order valence-electron chi connectivity index (χ1n) is 6.76. The third-order valence-corrected chi connectivity index (χ3v) is 4.89. The number of aromatic nitrogens is 2. The van der Waals surface area contributed by atoms with Crippen LogP contribution in [-0.2, 0) is 16.6 Å². The molecule has 0 radical (unpaired) electrons. The molecule has 0 saturated carbocycles. The van der Waals surface area contributed by atoms with Gasteiger partial charge in [-0.3, -0.25) is 4.21 Å². The lowest BCUT2D eigenvalue weighted by Gasteiger charge is -2.16. The molecule has 1 aromatic heterocycles. The molecule has 0 aliphatic heterocycles. The van der Waals surface area contributed by atoms with Crippen molar-refractivity contribution in [1.29, 1.82) is 0 Å². The molecule has 1 heterocycles. The minimum atomic E-state index is -1.38. The van der Waals surface area contributed by atoms with Crippen molar-refractivity contribution < 1.29 is 8.64 Å². The van der Waals surface area contributed by atoms with Crippen LogP contribution in [0, 0.1) is 17.0 Å². The van der Waals surface area contributed by atoms with Crippen molar-refractivity contribution in [2.45, 2.75) is 17.6 Å². The lowest BCUT2D eigenvalue weighted by atomic mass is 10.2. The maximum atomic E-state index is 12.5. The molecule has 0 bridgehead atoms.